The Bertz CT molecular complexity index is 1600. The fraction of sp³-hybridized carbons (Fsp3) is 0.167. The summed E-state index contributed by atoms with van der Waals surface area (Å²) < 4.78 is 7.28. The highest BCUT2D eigenvalue weighted by Crippen LogP contribution is 2.31. The van der Waals surface area contributed by atoms with Crippen LogP contribution in [-0.2, 0) is 6.54 Å². The molecule has 0 saturated heterocycles. The van der Waals surface area contributed by atoms with E-state index >= 15 is 0 Å². The summed E-state index contributed by atoms with van der Waals surface area (Å²) in [6.07, 6.45) is 8.59. The molecule has 7 nitrogen and oxygen atoms in total. The van der Waals surface area contributed by atoms with E-state index in [4.69, 9.17) is 9.84 Å². The fourth-order valence-corrected chi connectivity index (χ4v) is 4.90. The molecule has 3 aromatic heterocycles. The van der Waals surface area contributed by atoms with Crippen molar-refractivity contribution in [1.82, 2.24) is 24.6 Å². The summed E-state index contributed by atoms with van der Waals surface area (Å²) in [6.45, 7) is 1.77. The summed E-state index contributed by atoms with van der Waals surface area (Å²) in [4.78, 5) is 23.4. The number of fused-ring (bicyclic) bond motifs is 1. The number of benzene rings is 2. The number of hydrogen-bond donors (Lipinski definition) is 1. The first-order valence-corrected chi connectivity index (χ1v) is 12.4. The van der Waals surface area contributed by atoms with Crippen LogP contribution < -0.4 is 4.74 Å². The van der Waals surface area contributed by atoms with Crippen LogP contribution in [0, 0.1) is 0 Å². The van der Waals surface area contributed by atoms with Crippen molar-refractivity contribution in [2.45, 2.75) is 13.0 Å². The van der Waals surface area contributed by atoms with E-state index in [1.807, 2.05) is 70.5 Å². The van der Waals surface area contributed by atoms with E-state index in [1.165, 1.54) is 5.57 Å². The van der Waals surface area contributed by atoms with E-state index in [1.54, 1.807) is 13.3 Å². The molecule has 0 bridgehead atoms. The van der Waals surface area contributed by atoms with Crippen molar-refractivity contribution in [1.29, 1.82) is 0 Å². The predicted octanol–water partition coefficient (Wildman–Crippen LogP) is 5.41. The molecule has 1 amide bonds. The quantitative estimate of drug-likeness (QED) is 0.346. The van der Waals surface area contributed by atoms with E-state index in [0.29, 0.717) is 30.9 Å². The summed E-state index contributed by atoms with van der Waals surface area (Å²) in [5.41, 5.74) is 6.51. The summed E-state index contributed by atoms with van der Waals surface area (Å²) >= 11 is 0. The second-order valence-corrected chi connectivity index (χ2v) is 9.14. The van der Waals surface area contributed by atoms with Gasteiger partial charge in [0.2, 0.25) is 0 Å². The highest BCUT2D eigenvalue weighted by atomic mass is 16.5. The van der Waals surface area contributed by atoms with Crippen molar-refractivity contribution in [3.63, 3.8) is 0 Å². The van der Waals surface area contributed by atoms with Crippen molar-refractivity contribution in [3.05, 3.63) is 108 Å². The van der Waals surface area contributed by atoms with Crippen LogP contribution in [0.5, 0.6) is 5.75 Å². The first-order valence-electron chi connectivity index (χ1n) is 12.4. The minimum atomic E-state index is -0.0203. The number of carbonyl (C=O) groups is 1. The predicted molar refractivity (Wildman–Crippen MR) is 144 cm³/mol. The maximum absolute atomic E-state index is 13.8. The minimum Gasteiger partial charge on any atom is -0.497 e. The lowest BCUT2D eigenvalue weighted by Crippen LogP contribution is -2.34. The normalized spacial score (nSPS) is 13.5. The number of pyridine rings is 1. The molecule has 2 aromatic carbocycles. The molecule has 4 heterocycles. The molecule has 0 aliphatic carbocycles. The van der Waals surface area contributed by atoms with Gasteiger partial charge < -0.3 is 14.6 Å². The SMILES string of the molecule is COc1cccc(-c2nn(Cc3ccccc3)cc2C(=O)N2CC=C(c3c[nH]c4ncccc34)CC2)c1. The van der Waals surface area contributed by atoms with E-state index in [0.717, 1.165) is 39.9 Å². The standard InChI is InChI=1S/C30H27N5O2/c1-37-24-10-5-9-23(17-24)28-27(20-35(33-28)19-21-7-3-2-4-8-21)30(36)34-15-12-22(13-16-34)26-18-32-29-25(26)11-6-14-31-29/h2-12,14,17-18,20H,13,15-16,19H2,1H3,(H,31,32). The number of methoxy groups -OCH3 is 1. The molecule has 0 fully saturated rings. The van der Waals surface area contributed by atoms with Crippen LogP contribution in [0.15, 0.2) is 91.4 Å². The Morgan fingerprint density at radius 3 is 2.78 bits per heavy atom. The van der Waals surface area contributed by atoms with Gasteiger partial charge in [0.05, 0.1) is 19.2 Å². The molecule has 1 N–H and O–H groups in total. The van der Waals surface area contributed by atoms with Crippen LogP contribution in [0.2, 0.25) is 0 Å². The van der Waals surface area contributed by atoms with Gasteiger partial charge in [-0.15, -0.1) is 0 Å². The maximum atomic E-state index is 13.8. The third kappa shape index (κ3) is 4.51. The summed E-state index contributed by atoms with van der Waals surface area (Å²) in [5, 5.41) is 5.95. The molecule has 0 saturated carbocycles. The van der Waals surface area contributed by atoms with Gasteiger partial charge in [-0.3, -0.25) is 9.48 Å². The number of rotatable bonds is 6. The Morgan fingerprint density at radius 2 is 1.97 bits per heavy atom. The van der Waals surface area contributed by atoms with Gasteiger partial charge >= 0.3 is 0 Å². The number of H-pyrrole nitrogens is 1. The maximum Gasteiger partial charge on any atom is 0.257 e. The smallest absolute Gasteiger partial charge is 0.257 e. The number of hydrogen-bond acceptors (Lipinski definition) is 4. The van der Waals surface area contributed by atoms with Crippen LogP contribution in [-0.4, -0.2) is 50.8 Å². The molecule has 0 unspecified atom stereocenters. The largest absolute Gasteiger partial charge is 0.497 e. The van der Waals surface area contributed by atoms with Crippen molar-refractivity contribution < 1.29 is 9.53 Å². The Labute approximate surface area is 215 Å². The Hall–Kier alpha value is -4.65. The highest BCUT2D eigenvalue weighted by molar-refractivity contribution is 6.00. The number of ether oxygens (including phenoxy) is 1. The lowest BCUT2D eigenvalue weighted by Gasteiger charge is -2.26. The second kappa shape index (κ2) is 9.78. The number of nitrogens with zero attached hydrogens (tertiary/aromatic N) is 4. The zero-order chi connectivity index (χ0) is 25.2. The Morgan fingerprint density at radius 1 is 1.08 bits per heavy atom. The van der Waals surface area contributed by atoms with Crippen LogP contribution >= 0.6 is 0 Å². The number of aromatic amines is 1. The first-order chi connectivity index (χ1) is 18.2. The van der Waals surface area contributed by atoms with Crippen LogP contribution in [0.4, 0.5) is 0 Å². The Kier molecular flexibility index (Phi) is 6.02. The molecule has 184 valence electrons. The average molecular weight is 490 g/mol. The number of aromatic nitrogens is 4. The van der Waals surface area contributed by atoms with Crippen LogP contribution in [0.25, 0.3) is 27.9 Å². The molecular formula is C30H27N5O2. The van der Waals surface area contributed by atoms with Gasteiger partial charge in [-0.05, 0) is 41.8 Å². The summed E-state index contributed by atoms with van der Waals surface area (Å²) in [6, 6.07) is 21.9. The van der Waals surface area contributed by atoms with Crippen LogP contribution in [0.3, 0.4) is 0 Å². The van der Waals surface area contributed by atoms with Gasteiger partial charge in [-0.25, -0.2) is 4.98 Å². The Balaban J connectivity index is 1.30. The van der Waals surface area contributed by atoms with Gasteiger partial charge in [0, 0.05) is 48.2 Å². The number of carbonyl (C=O) groups excluding carboxylic acids is 1. The number of nitrogens with one attached hydrogen (secondary N) is 1. The molecular weight excluding hydrogens is 462 g/mol. The molecule has 0 atom stereocenters. The molecule has 1 aliphatic heterocycles. The number of amides is 1. The zero-order valence-electron chi connectivity index (χ0n) is 20.6. The average Bonchev–Trinajstić information content (AvgIpc) is 3.58. The molecule has 5 aromatic rings. The second-order valence-electron chi connectivity index (χ2n) is 9.14. The van der Waals surface area contributed by atoms with E-state index < -0.39 is 0 Å². The van der Waals surface area contributed by atoms with E-state index in [-0.39, 0.29) is 5.91 Å². The van der Waals surface area contributed by atoms with Crippen molar-refractivity contribution in [3.8, 4) is 17.0 Å². The monoisotopic (exact) mass is 489 g/mol. The lowest BCUT2D eigenvalue weighted by atomic mass is 9.99. The molecule has 7 heteroatoms. The zero-order valence-corrected chi connectivity index (χ0v) is 20.6. The van der Waals surface area contributed by atoms with Crippen molar-refractivity contribution in [2.75, 3.05) is 20.2 Å². The third-order valence-electron chi connectivity index (χ3n) is 6.82. The molecule has 37 heavy (non-hydrogen) atoms. The molecule has 0 radical (unpaired) electrons. The van der Waals surface area contributed by atoms with Gasteiger partial charge in [-0.2, -0.15) is 5.10 Å². The van der Waals surface area contributed by atoms with Gasteiger partial charge in [0.15, 0.2) is 0 Å². The highest BCUT2D eigenvalue weighted by Gasteiger charge is 2.25. The van der Waals surface area contributed by atoms with Crippen molar-refractivity contribution in [2.24, 2.45) is 0 Å². The summed E-state index contributed by atoms with van der Waals surface area (Å²) in [7, 11) is 1.64. The van der Waals surface area contributed by atoms with Gasteiger partial charge in [0.25, 0.3) is 5.91 Å². The van der Waals surface area contributed by atoms with Gasteiger partial charge in [0.1, 0.15) is 17.1 Å². The van der Waals surface area contributed by atoms with Crippen molar-refractivity contribution >= 4 is 22.5 Å². The van der Waals surface area contributed by atoms with Crippen LogP contribution in [0.1, 0.15) is 27.9 Å². The fourth-order valence-electron chi connectivity index (χ4n) is 4.90. The van der Waals surface area contributed by atoms with E-state index in [9.17, 15) is 4.79 Å². The first kappa shape index (κ1) is 22.8. The summed E-state index contributed by atoms with van der Waals surface area (Å²) in [5.74, 6) is 0.709. The van der Waals surface area contributed by atoms with Gasteiger partial charge in [-0.1, -0.05) is 48.5 Å². The molecule has 6 rings (SSSR count). The third-order valence-corrected chi connectivity index (χ3v) is 6.82. The molecule has 0 spiro atoms. The minimum absolute atomic E-state index is 0.0203. The van der Waals surface area contributed by atoms with E-state index in [2.05, 4.69) is 34.2 Å². The lowest BCUT2D eigenvalue weighted by molar-refractivity contribution is 0.0773. The molecule has 1 aliphatic rings. The topological polar surface area (TPSA) is 76.0 Å².